The van der Waals surface area contributed by atoms with E-state index >= 15 is 0 Å². The first-order chi connectivity index (χ1) is 12.2. The van der Waals surface area contributed by atoms with Gasteiger partial charge in [0.1, 0.15) is 12.4 Å². The fourth-order valence-electron chi connectivity index (χ4n) is 2.28. The molecule has 0 saturated heterocycles. The van der Waals surface area contributed by atoms with Crippen molar-refractivity contribution in [1.82, 2.24) is 9.78 Å². The Kier molecular flexibility index (Phi) is 5.26. The van der Waals surface area contributed by atoms with Crippen LogP contribution in [0.15, 0.2) is 73.1 Å². The minimum atomic E-state index is -0.390. The Morgan fingerprint density at radius 1 is 1.16 bits per heavy atom. The maximum atomic E-state index is 11.8. The molecule has 0 radical (unpaired) electrons. The first-order valence-electron chi connectivity index (χ1n) is 7.82. The third kappa shape index (κ3) is 4.57. The van der Waals surface area contributed by atoms with Crippen molar-refractivity contribution < 1.29 is 14.3 Å². The molecule has 0 spiro atoms. The maximum absolute atomic E-state index is 11.8. The summed E-state index contributed by atoms with van der Waals surface area (Å²) in [4.78, 5) is 11.8. The second-order valence-electron chi connectivity index (χ2n) is 5.33. The predicted molar refractivity (Wildman–Crippen MR) is 95.4 cm³/mol. The Morgan fingerprint density at radius 2 is 2.00 bits per heavy atom. The fourth-order valence-corrected chi connectivity index (χ4v) is 2.28. The van der Waals surface area contributed by atoms with Crippen molar-refractivity contribution in [3.05, 3.63) is 84.2 Å². The third-order valence-electron chi connectivity index (χ3n) is 3.59. The molecule has 2 aromatic carbocycles. The van der Waals surface area contributed by atoms with Gasteiger partial charge in [0.15, 0.2) is 0 Å². The first kappa shape index (κ1) is 16.5. The van der Waals surface area contributed by atoms with Crippen LogP contribution in [0.25, 0.3) is 11.8 Å². The molecule has 3 aromatic rings. The van der Waals surface area contributed by atoms with Crippen molar-refractivity contribution in [3.63, 3.8) is 0 Å². The van der Waals surface area contributed by atoms with Crippen molar-refractivity contribution >= 4 is 12.0 Å². The van der Waals surface area contributed by atoms with E-state index in [0.717, 1.165) is 22.6 Å². The number of hydrogen-bond donors (Lipinski definition) is 0. The number of carbonyl (C=O) groups excluding carboxylic acids is 1. The summed E-state index contributed by atoms with van der Waals surface area (Å²) in [5.74, 6) is 0.353. The van der Waals surface area contributed by atoms with Gasteiger partial charge in [-0.05, 0) is 47.5 Å². The van der Waals surface area contributed by atoms with Crippen LogP contribution in [0.5, 0.6) is 5.75 Å². The number of nitrogens with zero attached hydrogens (tertiary/aromatic N) is 2. The molecule has 5 nitrogen and oxygen atoms in total. The number of esters is 1. The summed E-state index contributed by atoms with van der Waals surface area (Å²) in [6, 6.07) is 17.0. The van der Waals surface area contributed by atoms with E-state index in [1.54, 1.807) is 24.1 Å². The molecule has 5 heteroatoms. The highest BCUT2D eigenvalue weighted by molar-refractivity contribution is 5.87. The lowest BCUT2D eigenvalue weighted by Gasteiger charge is -2.05. The normalized spacial score (nSPS) is 10.8. The van der Waals surface area contributed by atoms with E-state index in [9.17, 15) is 4.79 Å². The molecule has 1 heterocycles. The van der Waals surface area contributed by atoms with Crippen molar-refractivity contribution in [2.24, 2.45) is 0 Å². The highest BCUT2D eigenvalue weighted by atomic mass is 16.5. The van der Waals surface area contributed by atoms with Gasteiger partial charge in [-0.25, -0.2) is 9.48 Å². The Morgan fingerprint density at radius 3 is 2.72 bits per heavy atom. The zero-order valence-electron chi connectivity index (χ0n) is 13.8. The van der Waals surface area contributed by atoms with Crippen LogP contribution in [0.1, 0.15) is 11.1 Å². The Labute approximate surface area is 146 Å². The number of aromatic nitrogens is 2. The van der Waals surface area contributed by atoms with Gasteiger partial charge in [-0.2, -0.15) is 5.10 Å². The summed E-state index contributed by atoms with van der Waals surface area (Å²) in [6.45, 7) is 0.223. The average molecular weight is 334 g/mol. The first-order valence-corrected chi connectivity index (χ1v) is 7.82. The van der Waals surface area contributed by atoms with Gasteiger partial charge < -0.3 is 9.47 Å². The number of ether oxygens (including phenoxy) is 2. The number of hydrogen-bond acceptors (Lipinski definition) is 4. The molecule has 3 rings (SSSR count). The monoisotopic (exact) mass is 334 g/mol. The van der Waals surface area contributed by atoms with Crippen LogP contribution in [-0.2, 0) is 16.1 Å². The van der Waals surface area contributed by atoms with E-state index in [0.29, 0.717) is 0 Å². The molecule has 1 aromatic heterocycles. The SMILES string of the molecule is COc1cccc(C=CC(=O)OCc2ccc(-n3cccn3)cc2)c1. The van der Waals surface area contributed by atoms with Gasteiger partial charge in [-0.3, -0.25) is 0 Å². The molecule has 0 unspecified atom stereocenters. The van der Waals surface area contributed by atoms with E-state index in [2.05, 4.69) is 5.10 Å². The standard InChI is InChI=1S/C20H18N2O3/c1-24-19-5-2-4-16(14-19)8-11-20(23)25-15-17-6-9-18(10-7-17)22-13-3-12-21-22/h2-14H,15H2,1H3. The number of methoxy groups -OCH3 is 1. The number of carbonyl (C=O) groups is 1. The van der Waals surface area contributed by atoms with Crippen LogP contribution >= 0.6 is 0 Å². The number of rotatable bonds is 6. The van der Waals surface area contributed by atoms with E-state index in [-0.39, 0.29) is 12.6 Å². The van der Waals surface area contributed by atoms with Crippen LogP contribution in [0.2, 0.25) is 0 Å². The summed E-state index contributed by atoms with van der Waals surface area (Å²) in [7, 11) is 1.61. The van der Waals surface area contributed by atoms with Gasteiger partial charge in [0.2, 0.25) is 0 Å². The smallest absolute Gasteiger partial charge is 0.331 e. The zero-order chi connectivity index (χ0) is 17.5. The highest BCUT2D eigenvalue weighted by Crippen LogP contribution is 2.14. The van der Waals surface area contributed by atoms with Gasteiger partial charge in [0.05, 0.1) is 12.8 Å². The Balaban J connectivity index is 1.54. The molecule has 0 bridgehead atoms. The van der Waals surface area contributed by atoms with Crippen molar-refractivity contribution in [2.75, 3.05) is 7.11 Å². The zero-order valence-corrected chi connectivity index (χ0v) is 13.8. The van der Waals surface area contributed by atoms with Crippen LogP contribution in [0.4, 0.5) is 0 Å². The molecule has 0 N–H and O–H groups in total. The maximum Gasteiger partial charge on any atom is 0.331 e. The minimum absolute atomic E-state index is 0.223. The van der Waals surface area contributed by atoms with Crippen LogP contribution in [-0.4, -0.2) is 22.9 Å². The topological polar surface area (TPSA) is 53.4 Å². The molecular formula is C20H18N2O3. The van der Waals surface area contributed by atoms with E-state index in [1.165, 1.54) is 6.08 Å². The number of benzene rings is 2. The molecule has 0 fully saturated rings. The van der Waals surface area contributed by atoms with E-state index in [1.807, 2.05) is 60.8 Å². The van der Waals surface area contributed by atoms with Crippen molar-refractivity contribution in [2.45, 2.75) is 6.61 Å². The molecule has 0 aliphatic carbocycles. The Bertz CT molecular complexity index is 853. The summed E-state index contributed by atoms with van der Waals surface area (Å²) >= 11 is 0. The van der Waals surface area contributed by atoms with E-state index in [4.69, 9.17) is 9.47 Å². The minimum Gasteiger partial charge on any atom is -0.497 e. The van der Waals surface area contributed by atoms with E-state index < -0.39 is 0 Å². The van der Waals surface area contributed by atoms with Crippen LogP contribution in [0.3, 0.4) is 0 Å². The van der Waals surface area contributed by atoms with Gasteiger partial charge in [0.25, 0.3) is 0 Å². The fraction of sp³-hybridized carbons (Fsp3) is 0.100. The van der Waals surface area contributed by atoms with Crippen molar-refractivity contribution in [1.29, 1.82) is 0 Å². The summed E-state index contributed by atoms with van der Waals surface area (Å²) in [5.41, 5.74) is 2.75. The highest BCUT2D eigenvalue weighted by Gasteiger charge is 2.01. The van der Waals surface area contributed by atoms with Crippen LogP contribution < -0.4 is 4.74 Å². The molecular weight excluding hydrogens is 316 g/mol. The molecule has 0 atom stereocenters. The molecule has 0 aliphatic heterocycles. The quantitative estimate of drug-likeness (QED) is 0.510. The Hall–Kier alpha value is -3.34. The van der Waals surface area contributed by atoms with Crippen molar-refractivity contribution in [3.8, 4) is 11.4 Å². The molecule has 126 valence electrons. The molecule has 0 saturated carbocycles. The summed E-state index contributed by atoms with van der Waals surface area (Å²) in [5, 5.41) is 4.17. The lowest BCUT2D eigenvalue weighted by atomic mass is 10.2. The third-order valence-corrected chi connectivity index (χ3v) is 3.59. The average Bonchev–Trinajstić information content (AvgIpc) is 3.20. The second-order valence-corrected chi connectivity index (χ2v) is 5.33. The van der Waals surface area contributed by atoms with Gasteiger partial charge >= 0.3 is 5.97 Å². The predicted octanol–water partition coefficient (Wildman–Crippen LogP) is 3.64. The lowest BCUT2D eigenvalue weighted by Crippen LogP contribution is -2.01. The summed E-state index contributed by atoms with van der Waals surface area (Å²) in [6.07, 6.45) is 6.71. The van der Waals surface area contributed by atoms with Crippen LogP contribution in [0, 0.1) is 0 Å². The molecule has 25 heavy (non-hydrogen) atoms. The second kappa shape index (κ2) is 7.97. The van der Waals surface area contributed by atoms with Gasteiger partial charge in [-0.15, -0.1) is 0 Å². The van der Waals surface area contributed by atoms with Gasteiger partial charge in [-0.1, -0.05) is 24.3 Å². The lowest BCUT2D eigenvalue weighted by molar-refractivity contribution is -0.138. The molecule has 0 aliphatic rings. The largest absolute Gasteiger partial charge is 0.497 e. The summed E-state index contributed by atoms with van der Waals surface area (Å²) < 4.78 is 12.2. The van der Waals surface area contributed by atoms with Gasteiger partial charge in [0, 0.05) is 18.5 Å². The molecule has 0 amide bonds.